The number of likely N-dealkylation sites (N-methyl/N-ethyl adjacent to an activating group) is 1. The van der Waals surface area contributed by atoms with Crippen LogP contribution in [0.4, 0.5) is 0 Å². The largest absolute Gasteiger partial charge is 0.380 e. The molecule has 0 amide bonds. The van der Waals surface area contributed by atoms with E-state index in [1.807, 2.05) is 11.3 Å². The highest BCUT2D eigenvalue weighted by Crippen LogP contribution is 2.28. The van der Waals surface area contributed by atoms with E-state index in [0.717, 1.165) is 38.8 Å². The molecule has 0 radical (unpaired) electrons. The van der Waals surface area contributed by atoms with E-state index in [2.05, 4.69) is 41.7 Å². The second kappa shape index (κ2) is 8.00. The van der Waals surface area contributed by atoms with Gasteiger partial charge in [0, 0.05) is 37.2 Å². The minimum Gasteiger partial charge on any atom is -0.380 e. The minimum absolute atomic E-state index is 0.458. The van der Waals surface area contributed by atoms with Gasteiger partial charge in [-0.05, 0) is 44.2 Å². The Balaban J connectivity index is 1.47. The predicted molar refractivity (Wildman–Crippen MR) is 81.8 cm³/mol. The highest BCUT2D eigenvalue weighted by Gasteiger charge is 2.20. The third-order valence-corrected chi connectivity index (χ3v) is 4.64. The maximum atomic E-state index is 5.65. The lowest BCUT2D eigenvalue weighted by molar-refractivity contribution is 0.103. The standard InChI is InChI=1S/C15H26N2OS/c1-13(15-4-3-11-19-15)16-7-8-17(2)9-10-18-12-14-5-6-14/h3-4,11,13-14,16H,5-10,12H2,1-2H3. The molecular formula is C15H26N2OS. The lowest BCUT2D eigenvalue weighted by Gasteiger charge is -2.19. The number of ether oxygens (including phenoxy) is 1. The molecule has 1 aliphatic carbocycles. The first-order chi connectivity index (χ1) is 9.25. The van der Waals surface area contributed by atoms with Crippen molar-refractivity contribution in [3.05, 3.63) is 22.4 Å². The Morgan fingerprint density at radius 3 is 3.00 bits per heavy atom. The first-order valence-corrected chi connectivity index (χ1v) is 8.16. The summed E-state index contributed by atoms with van der Waals surface area (Å²) < 4.78 is 5.65. The van der Waals surface area contributed by atoms with Crippen LogP contribution in [0.2, 0.25) is 0 Å². The fraction of sp³-hybridized carbons (Fsp3) is 0.733. The van der Waals surface area contributed by atoms with Crippen molar-refractivity contribution in [2.24, 2.45) is 5.92 Å². The highest BCUT2D eigenvalue weighted by atomic mass is 32.1. The average molecular weight is 282 g/mol. The van der Waals surface area contributed by atoms with Crippen molar-refractivity contribution in [2.45, 2.75) is 25.8 Å². The van der Waals surface area contributed by atoms with Crippen molar-refractivity contribution >= 4 is 11.3 Å². The van der Waals surface area contributed by atoms with Gasteiger partial charge in [0.15, 0.2) is 0 Å². The van der Waals surface area contributed by atoms with E-state index in [-0.39, 0.29) is 0 Å². The van der Waals surface area contributed by atoms with Crippen LogP contribution in [0.25, 0.3) is 0 Å². The molecule has 1 unspecified atom stereocenters. The Morgan fingerprint density at radius 1 is 1.47 bits per heavy atom. The van der Waals surface area contributed by atoms with E-state index in [1.54, 1.807) is 0 Å². The molecule has 2 rings (SSSR count). The maximum Gasteiger partial charge on any atom is 0.0593 e. The molecule has 0 spiro atoms. The summed E-state index contributed by atoms with van der Waals surface area (Å²) in [7, 11) is 2.16. The van der Waals surface area contributed by atoms with E-state index in [9.17, 15) is 0 Å². The molecule has 3 nitrogen and oxygen atoms in total. The van der Waals surface area contributed by atoms with Gasteiger partial charge in [-0.2, -0.15) is 0 Å². The lowest BCUT2D eigenvalue weighted by atomic mass is 10.3. The van der Waals surface area contributed by atoms with Gasteiger partial charge < -0.3 is 15.0 Å². The van der Waals surface area contributed by atoms with Gasteiger partial charge in [-0.25, -0.2) is 0 Å². The molecule has 108 valence electrons. The minimum atomic E-state index is 0.458. The Hall–Kier alpha value is -0.420. The summed E-state index contributed by atoms with van der Waals surface area (Å²) in [6.07, 6.45) is 2.75. The van der Waals surface area contributed by atoms with Crippen LogP contribution >= 0.6 is 11.3 Å². The smallest absolute Gasteiger partial charge is 0.0593 e. The molecule has 1 aromatic heterocycles. The van der Waals surface area contributed by atoms with Crippen LogP contribution in [0.15, 0.2) is 17.5 Å². The third-order valence-electron chi connectivity index (χ3n) is 3.58. The van der Waals surface area contributed by atoms with Crippen molar-refractivity contribution < 1.29 is 4.74 Å². The molecule has 1 N–H and O–H groups in total. The zero-order valence-corrected chi connectivity index (χ0v) is 12.9. The van der Waals surface area contributed by atoms with Crippen molar-refractivity contribution in [1.29, 1.82) is 0 Å². The van der Waals surface area contributed by atoms with Gasteiger partial charge in [0.1, 0.15) is 0 Å². The number of rotatable bonds is 10. The van der Waals surface area contributed by atoms with Crippen LogP contribution in [0.1, 0.15) is 30.7 Å². The Morgan fingerprint density at radius 2 is 2.32 bits per heavy atom. The zero-order chi connectivity index (χ0) is 13.5. The molecule has 0 aliphatic heterocycles. The van der Waals surface area contributed by atoms with Crippen LogP contribution in [0, 0.1) is 5.92 Å². The Kier molecular flexibility index (Phi) is 6.31. The number of hydrogen-bond donors (Lipinski definition) is 1. The molecule has 1 heterocycles. The second-order valence-corrected chi connectivity index (χ2v) is 6.49. The van der Waals surface area contributed by atoms with E-state index < -0.39 is 0 Å². The Bertz CT molecular complexity index is 338. The summed E-state index contributed by atoms with van der Waals surface area (Å²) >= 11 is 1.82. The highest BCUT2D eigenvalue weighted by molar-refractivity contribution is 7.10. The van der Waals surface area contributed by atoms with Crippen LogP contribution in [0.3, 0.4) is 0 Å². The molecular weight excluding hydrogens is 256 g/mol. The summed E-state index contributed by atoms with van der Waals surface area (Å²) in [5, 5.41) is 5.70. The zero-order valence-electron chi connectivity index (χ0n) is 12.1. The van der Waals surface area contributed by atoms with E-state index >= 15 is 0 Å². The van der Waals surface area contributed by atoms with Crippen LogP contribution in [-0.2, 0) is 4.74 Å². The summed E-state index contributed by atoms with van der Waals surface area (Å²) in [5.41, 5.74) is 0. The third kappa shape index (κ3) is 6.04. The van der Waals surface area contributed by atoms with E-state index in [1.165, 1.54) is 17.7 Å². The van der Waals surface area contributed by atoms with Gasteiger partial charge in [0.05, 0.1) is 6.61 Å². The molecule has 0 saturated heterocycles. The monoisotopic (exact) mass is 282 g/mol. The molecule has 19 heavy (non-hydrogen) atoms. The van der Waals surface area contributed by atoms with Gasteiger partial charge in [0.2, 0.25) is 0 Å². The Labute approximate surface area is 121 Å². The summed E-state index contributed by atoms with van der Waals surface area (Å²) in [5.74, 6) is 0.874. The lowest BCUT2D eigenvalue weighted by Crippen LogP contribution is -2.32. The quantitative estimate of drug-likeness (QED) is 0.668. The number of thiophene rings is 1. The van der Waals surface area contributed by atoms with Crippen LogP contribution in [-0.4, -0.2) is 44.8 Å². The van der Waals surface area contributed by atoms with E-state index in [4.69, 9.17) is 4.74 Å². The van der Waals surface area contributed by atoms with Crippen LogP contribution < -0.4 is 5.32 Å². The van der Waals surface area contributed by atoms with Crippen molar-refractivity contribution in [1.82, 2.24) is 10.2 Å². The fourth-order valence-corrected chi connectivity index (χ4v) is 2.74. The molecule has 1 atom stereocenters. The molecule has 1 fully saturated rings. The molecule has 0 aromatic carbocycles. The summed E-state index contributed by atoms with van der Waals surface area (Å²) in [4.78, 5) is 3.75. The molecule has 4 heteroatoms. The summed E-state index contributed by atoms with van der Waals surface area (Å²) in [6.45, 7) is 7.20. The number of hydrogen-bond acceptors (Lipinski definition) is 4. The molecule has 1 saturated carbocycles. The topological polar surface area (TPSA) is 24.5 Å². The average Bonchev–Trinajstić information content (AvgIpc) is 3.05. The molecule has 1 aromatic rings. The second-order valence-electron chi connectivity index (χ2n) is 5.51. The van der Waals surface area contributed by atoms with E-state index in [0.29, 0.717) is 6.04 Å². The van der Waals surface area contributed by atoms with Crippen molar-refractivity contribution in [3.8, 4) is 0 Å². The molecule has 1 aliphatic rings. The first kappa shape index (κ1) is 15.0. The SMILES string of the molecule is CC(NCCN(C)CCOCC1CC1)c1cccs1. The summed E-state index contributed by atoms with van der Waals surface area (Å²) in [6, 6.07) is 4.76. The van der Waals surface area contributed by atoms with Gasteiger partial charge >= 0.3 is 0 Å². The van der Waals surface area contributed by atoms with Crippen molar-refractivity contribution in [3.63, 3.8) is 0 Å². The van der Waals surface area contributed by atoms with Crippen molar-refractivity contribution in [2.75, 3.05) is 39.9 Å². The normalized spacial score (nSPS) is 17.0. The van der Waals surface area contributed by atoms with Gasteiger partial charge in [0.25, 0.3) is 0 Å². The number of nitrogens with one attached hydrogen (secondary N) is 1. The predicted octanol–water partition coefficient (Wildman–Crippen LogP) is 2.76. The first-order valence-electron chi connectivity index (χ1n) is 7.29. The number of nitrogens with zero attached hydrogens (tertiary/aromatic N) is 1. The van der Waals surface area contributed by atoms with Gasteiger partial charge in [-0.3, -0.25) is 0 Å². The molecule has 0 bridgehead atoms. The van der Waals surface area contributed by atoms with Crippen LogP contribution in [0.5, 0.6) is 0 Å². The van der Waals surface area contributed by atoms with Gasteiger partial charge in [-0.15, -0.1) is 11.3 Å². The fourth-order valence-electron chi connectivity index (χ4n) is 1.98. The maximum absolute atomic E-state index is 5.65. The van der Waals surface area contributed by atoms with Gasteiger partial charge in [-0.1, -0.05) is 6.07 Å².